The number of nitrogens with zero attached hydrogens (tertiary/aromatic N) is 2. The molecule has 0 saturated heterocycles. The molecular formula is C16H23N3. The van der Waals surface area contributed by atoms with Gasteiger partial charge in [-0.2, -0.15) is 5.10 Å². The molecule has 0 unspecified atom stereocenters. The van der Waals surface area contributed by atoms with Gasteiger partial charge in [0.05, 0.1) is 18.3 Å². The maximum atomic E-state index is 4.64. The average molecular weight is 257 g/mol. The first-order chi connectivity index (χ1) is 9.22. The van der Waals surface area contributed by atoms with Crippen molar-refractivity contribution in [3.63, 3.8) is 0 Å². The number of anilines is 1. The lowest BCUT2D eigenvalue weighted by Crippen LogP contribution is -2.09. The molecule has 19 heavy (non-hydrogen) atoms. The minimum absolute atomic E-state index is 0.521. The van der Waals surface area contributed by atoms with E-state index >= 15 is 0 Å². The second-order valence-corrected chi connectivity index (χ2v) is 4.98. The lowest BCUT2D eigenvalue weighted by Gasteiger charge is -2.12. The monoisotopic (exact) mass is 257 g/mol. The van der Waals surface area contributed by atoms with Crippen molar-refractivity contribution >= 4 is 5.69 Å². The van der Waals surface area contributed by atoms with E-state index in [1.165, 1.54) is 5.56 Å². The summed E-state index contributed by atoms with van der Waals surface area (Å²) in [5.41, 5.74) is 3.51. The smallest absolute Gasteiger partial charge is 0.0815 e. The highest BCUT2D eigenvalue weighted by atomic mass is 15.3. The standard InChI is InChI=1S/C16H23N3/c1-4-16(5-2)19-10-9-15(18-19)12-17-14-8-6-7-13(3)11-14/h6-11,16-17H,4-5,12H2,1-3H3. The molecule has 1 N–H and O–H groups in total. The van der Waals surface area contributed by atoms with Gasteiger partial charge >= 0.3 is 0 Å². The number of hydrogen-bond donors (Lipinski definition) is 1. The molecule has 0 aliphatic heterocycles. The van der Waals surface area contributed by atoms with Crippen LogP contribution in [0, 0.1) is 6.92 Å². The summed E-state index contributed by atoms with van der Waals surface area (Å²) in [4.78, 5) is 0. The van der Waals surface area contributed by atoms with Gasteiger partial charge in [0.25, 0.3) is 0 Å². The Kier molecular flexibility index (Phi) is 4.61. The summed E-state index contributed by atoms with van der Waals surface area (Å²) in [6, 6.07) is 11.0. The van der Waals surface area contributed by atoms with Crippen LogP contribution < -0.4 is 5.32 Å². The fraction of sp³-hybridized carbons (Fsp3) is 0.438. The maximum Gasteiger partial charge on any atom is 0.0815 e. The number of nitrogens with one attached hydrogen (secondary N) is 1. The first-order valence-electron chi connectivity index (χ1n) is 7.07. The van der Waals surface area contributed by atoms with E-state index in [1.807, 2.05) is 0 Å². The molecule has 0 radical (unpaired) electrons. The van der Waals surface area contributed by atoms with E-state index in [1.54, 1.807) is 0 Å². The number of aryl methyl sites for hydroxylation is 1. The Morgan fingerprint density at radius 1 is 1.21 bits per heavy atom. The van der Waals surface area contributed by atoms with Gasteiger partial charge in [0.1, 0.15) is 0 Å². The zero-order valence-corrected chi connectivity index (χ0v) is 12.1. The third-order valence-corrected chi connectivity index (χ3v) is 3.47. The minimum atomic E-state index is 0.521. The van der Waals surface area contributed by atoms with Gasteiger partial charge in [-0.25, -0.2) is 0 Å². The molecule has 0 atom stereocenters. The molecule has 3 heteroatoms. The summed E-state index contributed by atoms with van der Waals surface area (Å²) in [5, 5.41) is 8.06. The Labute approximate surface area is 115 Å². The summed E-state index contributed by atoms with van der Waals surface area (Å²) in [5.74, 6) is 0. The SMILES string of the molecule is CCC(CC)n1ccc(CNc2cccc(C)c2)n1. The fourth-order valence-corrected chi connectivity index (χ4v) is 2.29. The summed E-state index contributed by atoms with van der Waals surface area (Å²) < 4.78 is 2.09. The lowest BCUT2D eigenvalue weighted by molar-refractivity contribution is 0.426. The largest absolute Gasteiger partial charge is 0.379 e. The van der Waals surface area contributed by atoms with E-state index < -0.39 is 0 Å². The van der Waals surface area contributed by atoms with E-state index in [9.17, 15) is 0 Å². The Hall–Kier alpha value is -1.77. The van der Waals surface area contributed by atoms with Crippen molar-refractivity contribution in [2.45, 2.75) is 46.2 Å². The van der Waals surface area contributed by atoms with Crippen LogP contribution in [0.4, 0.5) is 5.69 Å². The van der Waals surface area contributed by atoms with Gasteiger partial charge in [-0.3, -0.25) is 4.68 Å². The topological polar surface area (TPSA) is 29.9 Å². The van der Waals surface area contributed by atoms with Crippen molar-refractivity contribution in [3.8, 4) is 0 Å². The van der Waals surface area contributed by atoms with Gasteiger partial charge in [-0.05, 0) is 43.5 Å². The predicted molar refractivity (Wildman–Crippen MR) is 80.4 cm³/mol. The van der Waals surface area contributed by atoms with Crippen molar-refractivity contribution in [3.05, 3.63) is 47.8 Å². The average Bonchev–Trinajstić information content (AvgIpc) is 2.87. The highest BCUT2D eigenvalue weighted by Crippen LogP contribution is 2.15. The highest BCUT2D eigenvalue weighted by Gasteiger charge is 2.07. The van der Waals surface area contributed by atoms with Crippen LogP contribution >= 0.6 is 0 Å². The van der Waals surface area contributed by atoms with Crippen LogP contribution in [0.1, 0.15) is 44.0 Å². The lowest BCUT2D eigenvalue weighted by atomic mass is 10.2. The quantitative estimate of drug-likeness (QED) is 0.842. The first kappa shape index (κ1) is 13.7. The second kappa shape index (κ2) is 6.41. The molecule has 2 aromatic rings. The van der Waals surface area contributed by atoms with Crippen LogP contribution in [0.3, 0.4) is 0 Å². The molecule has 0 bridgehead atoms. The molecule has 1 aromatic heterocycles. The van der Waals surface area contributed by atoms with E-state index in [0.29, 0.717) is 6.04 Å². The third kappa shape index (κ3) is 3.60. The van der Waals surface area contributed by atoms with Gasteiger partial charge < -0.3 is 5.32 Å². The summed E-state index contributed by atoms with van der Waals surface area (Å²) in [6.07, 6.45) is 4.34. The molecule has 0 fully saturated rings. The van der Waals surface area contributed by atoms with Crippen molar-refractivity contribution in [1.29, 1.82) is 0 Å². The predicted octanol–water partition coefficient (Wildman–Crippen LogP) is 4.16. The molecule has 1 aromatic carbocycles. The Morgan fingerprint density at radius 2 is 2.00 bits per heavy atom. The van der Waals surface area contributed by atoms with Crippen LogP contribution in [-0.2, 0) is 6.54 Å². The van der Waals surface area contributed by atoms with E-state index in [-0.39, 0.29) is 0 Å². The van der Waals surface area contributed by atoms with Crippen LogP contribution in [0.2, 0.25) is 0 Å². The number of hydrogen-bond acceptors (Lipinski definition) is 2. The molecule has 0 saturated carbocycles. The molecule has 0 spiro atoms. The van der Waals surface area contributed by atoms with Crippen LogP contribution in [-0.4, -0.2) is 9.78 Å². The van der Waals surface area contributed by atoms with Crippen LogP contribution in [0.25, 0.3) is 0 Å². The third-order valence-electron chi connectivity index (χ3n) is 3.47. The number of benzene rings is 1. The normalized spacial score (nSPS) is 10.9. The van der Waals surface area contributed by atoms with Crippen molar-refractivity contribution < 1.29 is 0 Å². The Bertz CT molecular complexity index is 512. The summed E-state index contributed by atoms with van der Waals surface area (Å²) in [6.45, 7) is 7.30. The Balaban J connectivity index is 1.97. The first-order valence-corrected chi connectivity index (χ1v) is 7.07. The highest BCUT2D eigenvalue weighted by molar-refractivity contribution is 5.45. The van der Waals surface area contributed by atoms with Gasteiger partial charge in [0.2, 0.25) is 0 Å². The second-order valence-electron chi connectivity index (χ2n) is 4.98. The van der Waals surface area contributed by atoms with Gasteiger partial charge in [0.15, 0.2) is 0 Å². The van der Waals surface area contributed by atoms with Crippen LogP contribution in [0.5, 0.6) is 0 Å². The summed E-state index contributed by atoms with van der Waals surface area (Å²) in [7, 11) is 0. The van der Waals surface area contributed by atoms with Crippen LogP contribution in [0.15, 0.2) is 36.5 Å². The molecule has 102 valence electrons. The molecule has 0 aliphatic rings. The van der Waals surface area contributed by atoms with E-state index in [2.05, 4.69) is 72.4 Å². The zero-order chi connectivity index (χ0) is 13.7. The molecule has 1 heterocycles. The Morgan fingerprint density at radius 3 is 2.68 bits per heavy atom. The molecule has 0 aliphatic carbocycles. The molecule has 0 amide bonds. The fourth-order valence-electron chi connectivity index (χ4n) is 2.29. The molecular weight excluding hydrogens is 234 g/mol. The van der Waals surface area contributed by atoms with E-state index in [4.69, 9.17) is 0 Å². The maximum absolute atomic E-state index is 4.64. The van der Waals surface area contributed by atoms with Gasteiger partial charge in [-0.15, -0.1) is 0 Å². The zero-order valence-electron chi connectivity index (χ0n) is 12.1. The molecule has 3 nitrogen and oxygen atoms in total. The van der Waals surface area contributed by atoms with Crippen molar-refractivity contribution in [2.24, 2.45) is 0 Å². The van der Waals surface area contributed by atoms with Gasteiger partial charge in [0, 0.05) is 11.9 Å². The van der Waals surface area contributed by atoms with Crippen molar-refractivity contribution in [1.82, 2.24) is 9.78 Å². The minimum Gasteiger partial charge on any atom is -0.379 e. The molecule has 2 rings (SSSR count). The number of rotatable bonds is 6. The van der Waals surface area contributed by atoms with Crippen molar-refractivity contribution in [2.75, 3.05) is 5.32 Å². The van der Waals surface area contributed by atoms with Gasteiger partial charge in [-0.1, -0.05) is 26.0 Å². The number of aromatic nitrogens is 2. The summed E-state index contributed by atoms with van der Waals surface area (Å²) >= 11 is 0. The van der Waals surface area contributed by atoms with E-state index in [0.717, 1.165) is 30.8 Å².